The van der Waals surface area contributed by atoms with Gasteiger partial charge >= 0.3 is 0 Å². The summed E-state index contributed by atoms with van der Waals surface area (Å²) in [5.74, 6) is -1.31. The highest BCUT2D eigenvalue weighted by Gasteiger charge is 2.22. The number of nitrogens with one attached hydrogen (secondary N) is 2. The molecule has 1 amide bonds. The van der Waals surface area contributed by atoms with Crippen molar-refractivity contribution in [2.75, 3.05) is 11.9 Å². The van der Waals surface area contributed by atoms with E-state index in [0.717, 1.165) is 0 Å². The number of carbonyl (C=O) groups excluding carboxylic acids is 1. The summed E-state index contributed by atoms with van der Waals surface area (Å²) < 4.78 is 56.7. The molecule has 3 aromatic rings. The van der Waals surface area contributed by atoms with Crippen LogP contribution in [0.1, 0.15) is 21.7 Å². The number of sulfonamides is 1. The second kappa shape index (κ2) is 9.94. The van der Waals surface area contributed by atoms with Gasteiger partial charge in [-0.2, -0.15) is 0 Å². The fourth-order valence-corrected chi connectivity index (χ4v) is 5.37. The molecule has 3 rings (SSSR count). The zero-order valence-electron chi connectivity index (χ0n) is 17.0. The smallest absolute Gasteiger partial charge is 0.291 e. The van der Waals surface area contributed by atoms with Gasteiger partial charge in [-0.05, 0) is 35.9 Å². The Morgan fingerprint density at radius 1 is 0.938 bits per heavy atom. The maximum Gasteiger partial charge on any atom is 0.291 e. The van der Waals surface area contributed by atoms with Gasteiger partial charge in [0.25, 0.3) is 5.91 Å². The highest BCUT2D eigenvalue weighted by Crippen LogP contribution is 2.21. The molecule has 168 valence electrons. The average molecular weight is 475 g/mol. The van der Waals surface area contributed by atoms with E-state index in [-0.39, 0.29) is 34.3 Å². The molecule has 0 saturated heterocycles. The number of carbonyl (C=O) groups is 1. The molecule has 8 nitrogen and oxygen atoms in total. The first-order valence-electron chi connectivity index (χ1n) is 9.53. The van der Waals surface area contributed by atoms with Gasteiger partial charge in [-0.3, -0.25) is 4.79 Å². The van der Waals surface area contributed by atoms with Crippen molar-refractivity contribution in [1.82, 2.24) is 4.72 Å². The number of furan rings is 1. The third-order valence-electron chi connectivity index (χ3n) is 4.42. The van der Waals surface area contributed by atoms with E-state index in [1.807, 2.05) is 0 Å². The van der Waals surface area contributed by atoms with Crippen LogP contribution in [0, 0.1) is 0 Å². The molecule has 0 spiro atoms. The van der Waals surface area contributed by atoms with Gasteiger partial charge in [0, 0.05) is 17.8 Å². The first kappa shape index (κ1) is 23.5. The molecule has 0 radical (unpaired) electrons. The van der Waals surface area contributed by atoms with E-state index in [4.69, 9.17) is 4.42 Å². The van der Waals surface area contributed by atoms with E-state index in [0.29, 0.717) is 11.3 Å². The molecule has 0 aliphatic carbocycles. The van der Waals surface area contributed by atoms with Crippen LogP contribution >= 0.6 is 0 Å². The van der Waals surface area contributed by atoms with Gasteiger partial charge in [0.05, 0.1) is 22.7 Å². The summed E-state index contributed by atoms with van der Waals surface area (Å²) in [4.78, 5) is 12.8. The second-order valence-electron chi connectivity index (χ2n) is 6.89. The van der Waals surface area contributed by atoms with E-state index in [2.05, 4.69) is 16.6 Å². The minimum atomic E-state index is -3.65. The normalized spacial score (nSPS) is 11.8. The Balaban J connectivity index is 1.69. The zero-order chi connectivity index (χ0) is 23.2. The SMILES string of the molecule is C=CCNS(=O)(=O)Cc1ccc(NC(=O)c2occc2CS(=O)(=O)c2ccccc2)cc1. The summed E-state index contributed by atoms with van der Waals surface area (Å²) >= 11 is 0. The van der Waals surface area contributed by atoms with Crippen molar-refractivity contribution >= 4 is 31.5 Å². The molecule has 2 aromatic carbocycles. The Labute approximate surface area is 186 Å². The Bertz CT molecular complexity index is 1300. The van der Waals surface area contributed by atoms with Gasteiger partial charge in [-0.15, -0.1) is 6.58 Å². The lowest BCUT2D eigenvalue weighted by Gasteiger charge is -2.08. The van der Waals surface area contributed by atoms with E-state index < -0.39 is 25.8 Å². The summed E-state index contributed by atoms with van der Waals surface area (Å²) in [7, 11) is -7.15. The lowest BCUT2D eigenvalue weighted by Crippen LogP contribution is -2.25. The topological polar surface area (TPSA) is 123 Å². The lowest BCUT2D eigenvalue weighted by molar-refractivity contribution is 0.0995. The van der Waals surface area contributed by atoms with Crippen molar-refractivity contribution in [2.45, 2.75) is 16.4 Å². The quantitative estimate of drug-likeness (QED) is 0.435. The molecular weight excluding hydrogens is 452 g/mol. The van der Waals surface area contributed by atoms with Crippen LogP contribution in [0.4, 0.5) is 5.69 Å². The summed E-state index contributed by atoms with van der Waals surface area (Å²) in [6.45, 7) is 3.60. The number of amides is 1. The van der Waals surface area contributed by atoms with Gasteiger partial charge in [-0.25, -0.2) is 21.6 Å². The average Bonchev–Trinajstić information content (AvgIpc) is 3.22. The number of anilines is 1. The van der Waals surface area contributed by atoms with Crippen LogP contribution in [0.25, 0.3) is 0 Å². The Kier molecular flexibility index (Phi) is 7.29. The molecule has 0 fully saturated rings. The van der Waals surface area contributed by atoms with Crippen LogP contribution in [0.2, 0.25) is 0 Å². The van der Waals surface area contributed by atoms with Gasteiger partial charge < -0.3 is 9.73 Å². The van der Waals surface area contributed by atoms with Crippen LogP contribution in [-0.2, 0) is 31.4 Å². The van der Waals surface area contributed by atoms with E-state index in [1.54, 1.807) is 42.5 Å². The lowest BCUT2D eigenvalue weighted by atomic mass is 10.2. The van der Waals surface area contributed by atoms with E-state index in [1.165, 1.54) is 30.5 Å². The maximum atomic E-state index is 12.6. The molecule has 0 saturated carbocycles. The minimum Gasteiger partial charge on any atom is -0.459 e. The van der Waals surface area contributed by atoms with E-state index in [9.17, 15) is 21.6 Å². The maximum absolute atomic E-state index is 12.6. The molecule has 0 aliphatic rings. The molecular formula is C22H22N2O6S2. The Hall–Kier alpha value is -3.21. The van der Waals surface area contributed by atoms with Gasteiger partial charge in [0.2, 0.25) is 10.0 Å². The third-order valence-corrected chi connectivity index (χ3v) is 7.42. The third kappa shape index (κ3) is 6.16. The van der Waals surface area contributed by atoms with Crippen molar-refractivity contribution in [2.24, 2.45) is 0 Å². The van der Waals surface area contributed by atoms with Crippen molar-refractivity contribution < 1.29 is 26.0 Å². The molecule has 0 atom stereocenters. The first-order chi connectivity index (χ1) is 15.2. The number of benzene rings is 2. The standard InChI is InChI=1S/C22H22N2O6S2/c1-2-13-23-32(28,29)15-17-8-10-19(11-9-17)24-22(25)21-18(12-14-30-21)16-31(26,27)20-6-4-3-5-7-20/h2-12,14,23H,1,13,15-16H2,(H,24,25). The van der Waals surface area contributed by atoms with Crippen LogP contribution < -0.4 is 10.0 Å². The van der Waals surface area contributed by atoms with E-state index >= 15 is 0 Å². The molecule has 10 heteroatoms. The molecule has 0 unspecified atom stereocenters. The van der Waals surface area contributed by atoms with Gasteiger partial charge in [-0.1, -0.05) is 36.4 Å². The molecule has 0 bridgehead atoms. The largest absolute Gasteiger partial charge is 0.459 e. The number of rotatable bonds is 10. The van der Waals surface area contributed by atoms with Crippen LogP contribution in [0.3, 0.4) is 0 Å². The fraction of sp³-hybridized carbons (Fsp3) is 0.136. The van der Waals surface area contributed by atoms with Crippen molar-refractivity contribution in [3.05, 3.63) is 96.5 Å². The second-order valence-corrected chi connectivity index (χ2v) is 10.7. The highest BCUT2D eigenvalue weighted by atomic mass is 32.2. The molecule has 1 aromatic heterocycles. The van der Waals surface area contributed by atoms with Gasteiger partial charge in [0.15, 0.2) is 15.6 Å². The Morgan fingerprint density at radius 3 is 2.28 bits per heavy atom. The summed E-state index contributed by atoms with van der Waals surface area (Å²) in [5.41, 5.74) is 1.18. The number of hydrogen-bond donors (Lipinski definition) is 2. The first-order valence-corrected chi connectivity index (χ1v) is 12.8. The number of hydrogen-bond acceptors (Lipinski definition) is 6. The predicted octanol–water partition coefficient (Wildman–Crippen LogP) is 3.11. The van der Waals surface area contributed by atoms with Gasteiger partial charge in [0.1, 0.15) is 0 Å². The Morgan fingerprint density at radius 2 is 1.62 bits per heavy atom. The van der Waals surface area contributed by atoms with Crippen molar-refractivity contribution in [3.63, 3.8) is 0 Å². The van der Waals surface area contributed by atoms with Crippen LogP contribution in [0.5, 0.6) is 0 Å². The summed E-state index contributed by atoms with van der Waals surface area (Å²) in [6.07, 6.45) is 2.71. The van der Waals surface area contributed by atoms with Crippen LogP contribution in [-0.4, -0.2) is 29.3 Å². The molecule has 32 heavy (non-hydrogen) atoms. The van der Waals surface area contributed by atoms with Crippen LogP contribution in [0.15, 0.2) is 88.9 Å². The highest BCUT2D eigenvalue weighted by molar-refractivity contribution is 7.90. The minimum absolute atomic E-state index is 0.107. The molecule has 2 N–H and O–H groups in total. The zero-order valence-corrected chi connectivity index (χ0v) is 18.7. The van der Waals surface area contributed by atoms with Crippen molar-refractivity contribution in [1.29, 1.82) is 0 Å². The molecule has 1 heterocycles. The van der Waals surface area contributed by atoms with Crippen molar-refractivity contribution in [3.8, 4) is 0 Å². The predicted molar refractivity (Wildman–Crippen MR) is 121 cm³/mol. The monoisotopic (exact) mass is 474 g/mol. The molecule has 0 aliphatic heterocycles. The summed E-state index contributed by atoms with van der Waals surface area (Å²) in [6, 6.07) is 15.7. The number of sulfone groups is 1. The summed E-state index contributed by atoms with van der Waals surface area (Å²) in [5, 5.41) is 2.63. The fourth-order valence-electron chi connectivity index (χ4n) is 2.89.